The highest BCUT2D eigenvalue weighted by Gasteiger charge is 2.23. The second kappa shape index (κ2) is 6.72. The zero-order valence-corrected chi connectivity index (χ0v) is 12.7. The van der Waals surface area contributed by atoms with E-state index in [0.29, 0.717) is 5.17 Å². The number of thioether (sulfide) groups is 1. The van der Waals surface area contributed by atoms with Crippen molar-refractivity contribution in [1.82, 2.24) is 10.3 Å². The Hall–Kier alpha value is -2.18. The van der Waals surface area contributed by atoms with Crippen LogP contribution in [0.3, 0.4) is 0 Å². The number of rotatable bonds is 3. The summed E-state index contributed by atoms with van der Waals surface area (Å²) in [5, 5.41) is 3.43. The first-order valence-electron chi connectivity index (χ1n) is 6.96. The second-order valence-corrected chi connectivity index (χ2v) is 5.93. The Balaban J connectivity index is 1.65. The van der Waals surface area contributed by atoms with E-state index in [-0.39, 0.29) is 11.9 Å². The van der Waals surface area contributed by atoms with Gasteiger partial charge in [-0.25, -0.2) is 0 Å². The quantitative estimate of drug-likeness (QED) is 0.909. The van der Waals surface area contributed by atoms with Crippen LogP contribution in [0.15, 0.2) is 59.9 Å². The number of hydrogen-bond acceptors (Lipinski definition) is 5. The molecule has 1 aliphatic heterocycles. The van der Waals surface area contributed by atoms with Gasteiger partial charge in [-0.05, 0) is 23.3 Å². The summed E-state index contributed by atoms with van der Waals surface area (Å²) in [6.45, 7) is 0. The van der Waals surface area contributed by atoms with E-state index in [2.05, 4.69) is 15.3 Å². The second-order valence-electron chi connectivity index (χ2n) is 4.92. The molecule has 2 aromatic rings. The summed E-state index contributed by atoms with van der Waals surface area (Å²) in [5.41, 5.74) is 7.86. The van der Waals surface area contributed by atoms with Gasteiger partial charge >= 0.3 is 0 Å². The van der Waals surface area contributed by atoms with E-state index >= 15 is 0 Å². The molecular formula is C16H16N4OS. The van der Waals surface area contributed by atoms with Gasteiger partial charge in [0, 0.05) is 18.1 Å². The van der Waals surface area contributed by atoms with Gasteiger partial charge in [-0.1, -0.05) is 42.1 Å². The third-order valence-electron chi connectivity index (χ3n) is 3.41. The molecule has 112 valence electrons. The molecule has 0 spiro atoms. The van der Waals surface area contributed by atoms with E-state index in [1.807, 2.05) is 42.5 Å². The van der Waals surface area contributed by atoms with Crippen molar-refractivity contribution in [2.24, 2.45) is 10.7 Å². The number of carbonyl (C=O) groups is 1. The Bertz CT molecular complexity index is 675. The number of amides is 1. The van der Waals surface area contributed by atoms with E-state index in [0.717, 1.165) is 16.9 Å². The minimum Gasteiger partial charge on any atom is -0.316 e. The van der Waals surface area contributed by atoms with Crippen LogP contribution >= 0.6 is 11.8 Å². The third kappa shape index (κ3) is 3.35. The van der Waals surface area contributed by atoms with E-state index in [9.17, 15) is 4.79 Å². The van der Waals surface area contributed by atoms with Crippen molar-refractivity contribution in [3.05, 3.63) is 66.0 Å². The number of amidine groups is 1. The number of hydrogen-bond donors (Lipinski definition) is 2. The van der Waals surface area contributed by atoms with Gasteiger partial charge in [-0.15, -0.1) is 0 Å². The summed E-state index contributed by atoms with van der Waals surface area (Å²) in [4.78, 5) is 20.7. The average molecular weight is 312 g/mol. The molecule has 1 amide bonds. The fraction of sp³-hybridized carbons (Fsp3) is 0.188. The minimum absolute atomic E-state index is 0.0521. The SMILES string of the molecule is N[C@@H](C(=O)NC1=NC(c2ccncc2)CS1)c1ccccc1. The molecule has 0 aliphatic carbocycles. The summed E-state index contributed by atoms with van der Waals surface area (Å²) in [6, 6.07) is 12.5. The zero-order valence-electron chi connectivity index (χ0n) is 11.8. The summed E-state index contributed by atoms with van der Waals surface area (Å²) in [5.74, 6) is 0.563. The molecule has 3 rings (SSSR count). The first-order chi connectivity index (χ1) is 10.7. The highest BCUT2D eigenvalue weighted by atomic mass is 32.2. The van der Waals surface area contributed by atoms with Gasteiger partial charge < -0.3 is 11.1 Å². The van der Waals surface area contributed by atoms with Gasteiger partial charge in [0.25, 0.3) is 0 Å². The Morgan fingerprint density at radius 1 is 1.23 bits per heavy atom. The molecule has 0 saturated carbocycles. The maximum atomic E-state index is 12.2. The van der Waals surface area contributed by atoms with Gasteiger partial charge in [-0.2, -0.15) is 0 Å². The van der Waals surface area contributed by atoms with Crippen molar-refractivity contribution in [3.63, 3.8) is 0 Å². The van der Waals surface area contributed by atoms with Crippen LogP contribution in [0.1, 0.15) is 23.2 Å². The molecule has 0 radical (unpaired) electrons. The number of pyridine rings is 1. The van der Waals surface area contributed by atoms with Gasteiger partial charge in [-0.3, -0.25) is 14.8 Å². The van der Waals surface area contributed by atoms with Crippen molar-refractivity contribution in [2.75, 3.05) is 5.75 Å². The molecule has 5 nitrogen and oxygen atoms in total. The van der Waals surface area contributed by atoms with Gasteiger partial charge in [0.1, 0.15) is 6.04 Å². The molecule has 3 N–H and O–H groups in total. The van der Waals surface area contributed by atoms with Crippen molar-refractivity contribution >= 4 is 22.8 Å². The topological polar surface area (TPSA) is 80.4 Å². The Kier molecular flexibility index (Phi) is 4.50. The molecule has 1 aromatic carbocycles. The monoisotopic (exact) mass is 312 g/mol. The lowest BCUT2D eigenvalue weighted by Gasteiger charge is -2.11. The van der Waals surface area contributed by atoms with E-state index in [1.165, 1.54) is 11.8 Å². The largest absolute Gasteiger partial charge is 0.316 e. The smallest absolute Gasteiger partial charge is 0.247 e. The molecule has 1 unspecified atom stereocenters. The molecule has 6 heteroatoms. The van der Waals surface area contributed by atoms with Gasteiger partial charge in [0.15, 0.2) is 5.17 Å². The molecule has 22 heavy (non-hydrogen) atoms. The fourth-order valence-electron chi connectivity index (χ4n) is 2.19. The summed E-state index contributed by atoms with van der Waals surface area (Å²) < 4.78 is 0. The molecule has 0 bridgehead atoms. The minimum atomic E-state index is -0.690. The van der Waals surface area contributed by atoms with Gasteiger partial charge in [0.05, 0.1) is 6.04 Å². The first kappa shape index (κ1) is 14.7. The standard InChI is InChI=1S/C16H16N4OS/c17-14(12-4-2-1-3-5-12)15(21)20-16-19-13(10-22-16)11-6-8-18-9-7-11/h1-9,13-14H,10,17H2,(H,19,20,21)/t13?,14-/m1/s1. The summed E-state index contributed by atoms with van der Waals surface area (Å²) in [7, 11) is 0. The van der Waals surface area contributed by atoms with Crippen LogP contribution in [0.5, 0.6) is 0 Å². The summed E-state index contributed by atoms with van der Waals surface area (Å²) in [6.07, 6.45) is 3.49. The number of carbonyl (C=O) groups excluding carboxylic acids is 1. The number of aromatic nitrogens is 1. The third-order valence-corrected chi connectivity index (χ3v) is 4.38. The van der Waals surface area contributed by atoms with E-state index < -0.39 is 6.04 Å². The van der Waals surface area contributed by atoms with Crippen molar-refractivity contribution in [1.29, 1.82) is 0 Å². The Morgan fingerprint density at radius 2 is 1.95 bits per heavy atom. The maximum absolute atomic E-state index is 12.2. The molecule has 0 saturated heterocycles. The number of aliphatic imine (C=N–C) groups is 1. The fourth-order valence-corrected chi connectivity index (χ4v) is 3.15. The molecular weight excluding hydrogens is 296 g/mol. The van der Waals surface area contributed by atoms with Crippen LogP contribution in [-0.4, -0.2) is 21.8 Å². The number of nitrogens with zero attached hydrogens (tertiary/aromatic N) is 2. The number of nitrogens with two attached hydrogens (primary N) is 1. The lowest BCUT2D eigenvalue weighted by Crippen LogP contribution is -2.36. The predicted molar refractivity (Wildman–Crippen MR) is 88.4 cm³/mol. The predicted octanol–water partition coefficient (Wildman–Crippen LogP) is 2.04. The highest BCUT2D eigenvalue weighted by Crippen LogP contribution is 2.29. The molecule has 1 aromatic heterocycles. The van der Waals surface area contributed by atoms with Crippen LogP contribution < -0.4 is 11.1 Å². The van der Waals surface area contributed by atoms with Crippen molar-refractivity contribution < 1.29 is 4.79 Å². The van der Waals surface area contributed by atoms with Gasteiger partial charge in [0.2, 0.25) is 5.91 Å². The van der Waals surface area contributed by atoms with Crippen LogP contribution in [0.4, 0.5) is 0 Å². The molecule has 2 atom stereocenters. The Morgan fingerprint density at radius 3 is 2.68 bits per heavy atom. The normalized spacial score (nSPS) is 18.6. The highest BCUT2D eigenvalue weighted by molar-refractivity contribution is 8.14. The molecule has 1 aliphatic rings. The molecule has 2 heterocycles. The lowest BCUT2D eigenvalue weighted by molar-refractivity contribution is -0.121. The van der Waals surface area contributed by atoms with Crippen molar-refractivity contribution in [2.45, 2.75) is 12.1 Å². The zero-order chi connectivity index (χ0) is 15.4. The first-order valence-corrected chi connectivity index (χ1v) is 7.94. The van der Waals surface area contributed by atoms with Crippen LogP contribution in [0, 0.1) is 0 Å². The average Bonchev–Trinajstić information content (AvgIpc) is 3.04. The molecule has 0 fully saturated rings. The van der Waals surface area contributed by atoms with E-state index in [1.54, 1.807) is 12.4 Å². The van der Waals surface area contributed by atoms with Crippen molar-refractivity contribution in [3.8, 4) is 0 Å². The summed E-state index contributed by atoms with van der Waals surface area (Å²) >= 11 is 1.53. The maximum Gasteiger partial charge on any atom is 0.247 e. The Labute approximate surface area is 133 Å². The number of benzene rings is 1. The van der Waals surface area contributed by atoms with Crippen LogP contribution in [0.2, 0.25) is 0 Å². The van der Waals surface area contributed by atoms with E-state index in [4.69, 9.17) is 5.73 Å². The van der Waals surface area contributed by atoms with Crippen LogP contribution in [-0.2, 0) is 4.79 Å². The lowest BCUT2D eigenvalue weighted by atomic mass is 10.1. The number of nitrogens with one attached hydrogen (secondary N) is 1. The van der Waals surface area contributed by atoms with Crippen LogP contribution in [0.25, 0.3) is 0 Å².